The van der Waals surface area contributed by atoms with Crippen LogP contribution in [0.3, 0.4) is 0 Å². The van der Waals surface area contributed by atoms with Gasteiger partial charge < -0.3 is 5.11 Å². The predicted octanol–water partition coefficient (Wildman–Crippen LogP) is 7.22. The van der Waals surface area contributed by atoms with Crippen LogP contribution in [0.15, 0.2) is 59.0 Å². The third kappa shape index (κ3) is 4.77. The lowest BCUT2D eigenvalue weighted by Gasteiger charge is -2.23. The van der Waals surface area contributed by atoms with Crippen LogP contribution in [-0.2, 0) is 11.2 Å². The Hall–Kier alpha value is -2.55. The standard InChI is InChI=1S/C22H15Cl2F3N2O2S/c23-15-4-5-16(24)17(9-15)29-18(10-20(28-29)22(25,26)27)19-8-14(11-32-19)13-3-1-2-12(6-13)7-21(30)31/h1-6,8-9,11,18H,7,10H2,(H,30,31). The Kier molecular flexibility index (Phi) is 6.20. The van der Waals surface area contributed by atoms with Crippen molar-refractivity contribution in [3.63, 3.8) is 0 Å². The second-order valence-electron chi connectivity index (χ2n) is 7.21. The van der Waals surface area contributed by atoms with Gasteiger partial charge in [-0.25, -0.2) is 0 Å². The first kappa shape index (κ1) is 22.6. The summed E-state index contributed by atoms with van der Waals surface area (Å²) in [6.45, 7) is 0. The Balaban J connectivity index is 1.70. The molecule has 1 aliphatic rings. The Morgan fingerprint density at radius 3 is 2.66 bits per heavy atom. The van der Waals surface area contributed by atoms with Crippen molar-refractivity contribution in [3.05, 3.63) is 74.4 Å². The summed E-state index contributed by atoms with van der Waals surface area (Å²) in [5.41, 5.74) is 1.61. The minimum absolute atomic E-state index is 0.114. The molecule has 1 N–H and O–H groups in total. The lowest BCUT2D eigenvalue weighted by molar-refractivity contribution is -0.136. The largest absolute Gasteiger partial charge is 0.481 e. The minimum atomic E-state index is -4.57. The second-order valence-corrected chi connectivity index (χ2v) is 9.00. The molecule has 0 saturated carbocycles. The first-order valence-electron chi connectivity index (χ1n) is 9.40. The number of benzene rings is 2. The average molecular weight is 499 g/mol. The van der Waals surface area contributed by atoms with Gasteiger partial charge in [-0.2, -0.15) is 18.3 Å². The zero-order valence-corrected chi connectivity index (χ0v) is 18.6. The smallest absolute Gasteiger partial charge is 0.431 e. The summed E-state index contributed by atoms with van der Waals surface area (Å²) < 4.78 is 40.4. The SMILES string of the molecule is O=C(O)Cc1cccc(-c2csc(C3CC(C(F)(F)F)=NN3c3cc(Cl)ccc3Cl)c2)c1. The van der Waals surface area contributed by atoms with Gasteiger partial charge in [0.15, 0.2) is 0 Å². The van der Waals surface area contributed by atoms with Crippen LogP contribution >= 0.6 is 34.5 Å². The van der Waals surface area contributed by atoms with Crippen molar-refractivity contribution in [3.8, 4) is 11.1 Å². The van der Waals surface area contributed by atoms with Gasteiger partial charge in [-0.05, 0) is 46.3 Å². The maximum absolute atomic E-state index is 13.5. The van der Waals surface area contributed by atoms with Crippen molar-refractivity contribution in [1.29, 1.82) is 0 Å². The number of thiophene rings is 1. The molecular weight excluding hydrogens is 484 g/mol. The molecule has 3 aromatic rings. The van der Waals surface area contributed by atoms with E-state index in [1.54, 1.807) is 30.3 Å². The zero-order chi connectivity index (χ0) is 23.0. The molecule has 32 heavy (non-hydrogen) atoms. The first-order chi connectivity index (χ1) is 15.1. The number of carbonyl (C=O) groups is 1. The molecule has 1 unspecified atom stereocenters. The summed E-state index contributed by atoms with van der Waals surface area (Å²) in [6.07, 6.45) is -5.01. The van der Waals surface area contributed by atoms with E-state index in [-0.39, 0.29) is 17.9 Å². The van der Waals surface area contributed by atoms with Crippen LogP contribution in [-0.4, -0.2) is 23.0 Å². The molecule has 0 saturated heterocycles. The number of aliphatic carboxylic acids is 1. The monoisotopic (exact) mass is 498 g/mol. The number of rotatable bonds is 5. The van der Waals surface area contributed by atoms with Gasteiger partial charge in [0.2, 0.25) is 0 Å². The highest BCUT2D eigenvalue weighted by atomic mass is 35.5. The van der Waals surface area contributed by atoms with E-state index in [1.807, 2.05) is 11.4 Å². The van der Waals surface area contributed by atoms with Gasteiger partial charge in [-0.15, -0.1) is 11.3 Å². The molecule has 166 valence electrons. The van der Waals surface area contributed by atoms with E-state index in [4.69, 9.17) is 28.3 Å². The molecule has 1 aromatic heterocycles. The van der Waals surface area contributed by atoms with E-state index in [0.29, 0.717) is 21.2 Å². The maximum Gasteiger partial charge on any atom is 0.431 e. The summed E-state index contributed by atoms with van der Waals surface area (Å²) >= 11 is 13.6. The molecule has 4 rings (SSSR count). The van der Waals surface area contributed by atoms with Gasteiger partial charge in [0.1, 0.15) is 5.71 Å². The Morgan fingerprint density at radius 1 is 1.16 bits per heavy atom. The Morgan fingerprint density at radius 2 is 1.94 bits per heavy atom. The van der Waals surface area contributed by atoms with E-state index in [9.17, 15) is 18.0 Å². The molecule has 1 atom stereocenters. The minimum Gasteiger partial charge on any atom is -0.481 e. The quantitative estimate of drug-likeness (QED) is 0.403. The number of carboxylic acid groups (broad SMARTS) is 1. The number of hydrogen-bond donors (Lipinski definition) is 1. The third-order valence-electron chi connectivity index (χ3n) is 4.96. The van der Waals surface area contributed by atoms with Crippen molar-refractivity contribution in [1.82, 2.24) is 0 Å². The molecule has 0 amide bonds. The summed E-state index contributed by atoms with van der Waals surface area (Å²) in [5, 5.41) is 16.5. The highest BCUT2D eigenvalue weighted by Gasteiger charge is 2.44. The fourth-order valence-electron chi connectivity index (χ4n) is 3.50. The van der Waals surface area contributed by atoms with Crippen molar-refractivity contribution in [2.45, 2.75) is 25.1 Å². The second kappa shape index (κ2) is 8.77. The Labute approximate surface area is 195 Å². The number of carboxylic acids is 1. The van der Waals surface area contributed by atoms with Gasteiger partial charge in [-0.3, -0.25) is 9.80 Å². The number of nitrogens with zero attached hydrogens (tertiary/aromatic N) is 2. The number of hydrazone groups is 1. The average Bonchev–Trinajstić information content (AvgIpc) is 3.36. The fourth-order valence-corrected chi connectivity index (χ4v) is 4.87. The first-order valence-corrected chi connectivity index (χ1v) is 11.0. The summed E-state index contributed by atoms with van der Waals surface area (Å²) in [7, 11) is 0. The number of halogens is 5. The molecule has 10 heteroatoms. The molecule has 0 spiro atoms. The van der Waals surface area contributed by atoms with Gasteiger partial charge >= 0.3 is 12.1 Å². The topological polar surface area (TPSA) is 52.9 Å². The third-order valence-corrected chi connectivity index (χ3v) is 6.54. The summed E-state index contributed by atoms with van der Waals surface area (Å²) in [4.78, 5) is 11.7. The highest BCUT2D eigenvalue weighted by molar-refractivity contribution is 7.10. The van der Waals surface area contributed by atoms with Crippen molar-refractivity contribution < 1.29 is 23.1 Å². The van der Waals surface area contributed by atoms with Crippen molar-refractivity contribution in [2.24, 2.45) is 5.10 Å². The lowest BCUT2D eigenvalue weighted by Crippen LogP contribution is -2.21. The van der Waals surface area contributed by atoms with E-state index in [2.05, 4.69) is 5.10 Å². The number of alkyl halides is 3. The number of hydrogen-bond acceptors (Lipinski definition) is 4. The lowest BCUT2D eigenvalue weighted by atomic mass is 10.0. The van der Waals surface area contributed by atoms with E-state index < -0.39 is 23.9 Å². The molecular formula is C22H15Cl2F3N2O2S. The molecule has 2 aromatic carbocycles. The number of anilines is 1. The van der Waals surface area contributed by atoms with Crippen molar-refractivity contribution in [2.75, 3.05) is 5.01 Å². The molecule has 2 heterocycles. The van der Waals surface area contributed by atoms with Crippen molar-refractivity contribution >= 4 is 51.9 Å². The maximum atomic E-state index is 13.5. The van der Waals surface area contributed by atoms with Crippen LogP contribution < -0.4 is 5.01 Å². The van der Waals surface area contributed by atoms with Gasteiger partial charge in [0.05, 0.1) is 23.2 Å². The van der Waals surface area contributed by atoms with Crippen LogP contribution in [0.4, 0.5) is 18.9 Å². The van der Waals surface area contributed by atoms with Gasteiger partial charge in [0.25, 0.3) is 0 Å². The molecule has 0 bridgehead atoms. The Bertz CT molecular complexity index is 1210. The molecule has 0 aliphatic carbocycles. The fraction of sp³-hybridized carbons (Fsp3) is 0.182. The van der Waals surface area contributed by atoms with Crippen LogP contribution in [0.25, 0.3) is 11.1 Å². The normalized spacial score (nSPS) is 16.3. The highest BCUT2D eigenvalue weighted by Crippen LogP contribution is 2.44. The van der Waals surface area contributed by atoms with Crippen LogP contribution in [0.5, 0.6) is 0 Å². The van der Waals surface area contributed by atoms with Crippen LogP contribution in [0, 0.1) is 0 Å². The van der Waals surface area contributed by atoms with Gasteiger partial charge in [-0.1, -0.05) is 47.5 Å². The summed E-state index contributed by atoms with van der Waals surface area (Å²) in [6, 6.07) is 12.7. The van der Waals surface area contributed by atoms with Crippen LogP contribution in [0.2, 0.25) is 10.0 Å². The van der Waals surface area contributed by atoms with E-state index in [0.717, 1.165) is 11.1 Å². The molecule has 0 fully saturated rings. The van der Waals surface area contributed by atoms with Crippen LogP contribution in [0.1, 0.15) is 22.9 Å². The summed E-state index contributed by atoms with van der Waals surface area (Å²) in [5.74, 6) is -0.940. The predicted molar refractivity (Wildman–Crippen MR) is 121 cm³/mol. The molecule has 0 radical (unpaired) electrons. The van der Waals surface area contributed by atoms with Gasteiger partial charge in [0, 0.05) is 16.3 Å². The van der Waals surface area contributed by atoms with E-state index in [1.165, 1.54) is 28.5 Å². The molecule has 1 aliphatic heterocycles. The molecule has 4 nitrogen and oxygen atoms in total. The van der Waals surface area contributed by atoms with E-state index >= 15 is 0 Å². The zero-order valence-electron chi connectivity index (χ0n) is 16.2.